The van der Waals surface area contributed by atoms with E-state index in [1.165, 1.54) is 7.11 Å². The molecular weight excluding hydrogens is 538 g/mol. The van der Waals surface area contributed by atoms with Gasteiger partial charge >= 0.3 is 0 Å². The van der Waals surface area contributed by atoms with Crippen LogP contribution in [0, 0.1) is 0 Å². The maximum absolute atomic E-state index is 12.7. The van der Waals surface area contributed by atoms with Gasteiger partial charge < -0.3 is 33.9 Å². The zero-order valence-electron chi connectivity index (χ0n) is 25.0. The van der Waals surface area contributed by atoms with Gasteiger partial charge in [0, 0.05) is 52.8 Å². The van der Waals surface area contributed by atoms with Crippen molar-refractivity contribution >= 4 is 11.8 Å². The first-order chi connectivity index (χ1) is 20.4. The third kappa shape index (κ3) is 9.34. The summed E-state index contributed by atoms with van der Waals surface area (Å²) < 4.78 is 22.7. The summed E-state index contributed by atoms with van der Waals surface area (Å²) in [7, 11) is 3.11. The molecule has 0 spiro atoms. The average molecular weight is 584 g/mol. The number of likely N-dealkylation sites (tertiary alicyclic amines) is 1. The van der Waals surface area contributed by atoms with Gasteiger partial charge in [-0.2, -0.15) is 0 Å². The molecule has 10 nitrogen and oxygen atoms in total. The molecule has 2 aliphatic rings. The van der Waals surface area contributed by atoms with Gasteiger partial charge in [0.25, 0.3) is 0 Å². The molecule has 0 bridgehead atoms. The van der Waals surface area contributed by atoms with Crippen molar-refractivity contribution in [3.63, 3.8) is 0 Å². The topological polar surface area (TPSA) is 101 Å². The summed E-state index contributed by atoms with van der Waals surface area (Å²) in [5.74, 6) is 2.02. The largest absolute Gasteiger partial charge is 0.493 e. The Kier molecular flexibility index (Phi) is 11.9. The fraction of sp³-hybridized carbons (Fsp3) is 0.562. The Hall–Kier alpha value is -3.34. The first kappa shape index (κ1) is 31.6. The molecule has 1 N–H and O–H groups in total. The number of nitrogens with zero attached hydrogens (tertiary/aromatic N) is 3. The zero-order valence-corrected chi connectivity index (χ0v) is 25.0. The molecule has 2 aromatic carbocycles. The zero-order chi connectivity index (χ0) is 29.8. The molecule has 2 amide bonds. The van der Waals surface area contributed by atoms with E-state index in [1.54, 1.807) is 12.0 Å². The molecule has 230 valence electrons. The number of methoxy groups -OCH3 is 2. The van der Waals surface area contributed by atoms with Crippen LogP contribution in [0.15, 0.2) is 48.5 Å². The number of benzene rings is 2. The lowest BCUT2D eigenvalue weighted by molar-refractivity contribution is -0.138. The summed E-state index contributed by atoms with van der Waals surface area (Å²) in [4.78, 5) is 30.8. The smallest absolute Gasteiger partial charge is 0.248 e. The Labute approximate surface area is 249 Å². The normalized spacial score (nSPS) is 20.1. The fourth-order valence-corrected chi connectivity index (χ4v) is 5.53. The van der Waals surface area contributed by atoms with E-state index in [0.29, 0.717) is 63.0 Å². The fourth-order valence-electron chi connectivity index (χ4n) is 5.53. The van der Waals surface area contributed by atoms with Gasteiger partial charge in [-0.05, 0) is 49.1 Å². The van der Waals surface area contributed by atoms with Crippen molar-refractivity contribution in [1.29, 1.82) is 0 Å². The van der Waals surface area contributed by atoms with E-state index in [9.17, 15) is 14.7 Å². The Morgan fingerprint density at radius 1 is 0.952 bits per heavy atom. The molecule has 42 heavy (non-hydrogen) atoms. The van der Waals surface area contributed by atoms with Crippen LogP contribution in [0.25, 0.3) is 0 Å². The predicted molar refractivity (Wildman–Crippen MR) is 159 cm³/mol. The van der Waals surface area contributed by atoms with Gasteiger partial charge in [0.2, 0.25) is 11.8 Å². The molecular formula is C32H45N3O7. The molecule has 2 aromatic rings. The number of aliphatic hydroxyl groups is 1. The summed E-state index contributed by atoms with van der Waals surface area (Å²) in [5, 5.41) is 11.7. The van der Waals surface area contributed by atoms with Crippen LogP contribution in [0.1, 0.15) is 37.7 Å². The molecule has 2 aliphatic heterocycles. The minimum atomic E-state index is -1.29. The number of rotatable bonds is 13. The lowest BCUT2D eigenvalue weighted by atomic mass is 10.0. The number of carbonyl (C=O) groups is 2. The van der Waals surface area contributed by atoms with E-state index in [1.807, 2.05) is 53.4 Å². The number of para-hydroxylation sites is 1. The van der Waals surface area contributed by atoms with Crippen LogP contribution in [-0.2, 0) is 20.9 Å². The van der Waals surface area contributed by atoms with Gasteiger partial charge in [0.1, 0.15) is 24.6 Å². The minimum Gasteiger partial charge on any atom is -0.493 e. The van der Waals surface area contributed by atoms with E-state index in [2.05, 4.69) is 4.90 Å². The minimum absolute atomic E-state index is 0.0410. The van der Waals surface area contributed by atoms with Crippen molar-refractivity contribution in [2.75, 3.05) is 73.3 Å². The second-order valence-electron chi connectivity index (χ2n) is 11.2. The Morgan fingerprint density at radius 2 is 1.79 bits per heavy atom. The van der Waals surface area contributed by atoms with Crippen molar-refractivity contribution in [1.82, 2.24) is 14.7 Å². The van der Waals surface area contributed by atoms with E-state index < -0.39 is 5.60 Å². The Morgan fingerprint density at radius 3 is 2.57 bits per heavy atom. The second kappa shape index (κ2) is 15.8. The first-order valence-electron chi connectivity index (χ1n) is 14.9. The average Bonchev–Trinajstić information content (AvgIpc) is 3.30. The summed E-state index contributed by atoms with van der Waals surface area (Å²) in [6.45, 7) is 4.04. The van der Waals surface area contributed by atoms with Crippen molar-refractivity contribution in [3.05, 3.63) is 54.1 Å². The molecule has 0 radical (unpaired) electrons. The van der Waals surface area contributed by atoms with E-state index in [4.69, 9.17) is 18.9 Å². The number of hydrogen-bond acceptors (Lipinski definition) is 8. The summed E-state index contributed by atoms with van der Waals surface area (Å²) in [5.41, 5.74) is -0.289. The molecule has 10 heteroatoms. The van der Waals surface area contributed by atoms with Gasteiger partial charge in [-0.3, -0.25) is 14.5 Å². The van der Waals surface area contributed by atoms with Gasteiger partial charge in [0.05, 0.1) is 20.3 Å². The molecule has 4 rings (SSSR count). The highest BCUT2D eigenvalue weighted by molar-refractivity contribution is 5.77. The van der Waals surface area contributed by atoms with E-state index in [0.717, 1.165) is 37.8 Å². The molecule has 2 fully saturated rings. The summed E-state index contributed by atoms with van der Waals surface area (Å²) in [6, 6.07) is 15.2. The van der Waals surface area contributed by atoms with Crippen LogP contribution in [0.4, 0.5) is 0 Å². The van der Waals surface area contributed by atoms with Gasteiger partial charge in [-0.25, -0.2) is 0 Å². The Bertz CT molecular complexity index is 1150. The molecule has 0 aromatic heterocycles. The van der Waals surface area contributed by atoms with Crippen LogP contribution in [-0.4, -0.2) is 111 Å². The van der Waals surface area contributed by atoms with E-state index >= 15 is 0 Å². The van der Waals surface area contributed by atoms with Gasteiger partial charge in [-0.15, -0.1) is 0 Å². The van der Waals surface area contributed by atoms with Crippen molar-refractivity contribution in [3.8, 4) is 17.2 Å². The highest BCUT2D eigenvalue weighted by Gasteiger charge is 2.37. The van der Waals surface area contributed by atoms with Crippen LogP contribution in [0.5, 0.6) is 17.2 Å². The molecule has 1 atom stereocenters. The third-order valence-electron chi connectivity index (χ3n) is 7.70. The predicted octanol–water partition coefficient (Wildman–Crippen LogP) is 2.97. The van der Waals surface area contributed by atoms with Crippen LogP contribution in [0.3, 0.4) is 0 Å². The van der Waals surface area contributed by atoms with Gasteiger partial charge in [-0.1, -0.05) is 30.7 Å². The monoisotopic (exact) mass is 583 g/mol. The molecule has 0 saturated carbocycles. The van der Waals surface area contributed by atoms with Crippen LogP contribution < -0.4 is 14.2 Å². The first-order valence-corrected chi connectivity index (χ1v) is 14.9. The number of ether oxygens (including phenoxy) is 4. The third-order valence-corrected chi connectivity index (χ3v) is 7.70. The highest BCUT2D eigenvalue weighted by atomic mass is 16.5. The molecule has 0 aliphatic carbocycles. The SMILES string of the molecule is COCC(=O)N1CCN(Cc2ccc(OC)c(OCCCN3CCCCCC3=O)c2)CC(O)(COc2ccccc2)C1. The van der Waals surface area contributed by atoms with Crippen molar-refractivity contribution in [2.24, 2.45) is 0 Å². The summed E-state index contributed by atoms with van der Waals surface area (Å²) >= 11 is 0. The quantitative estimate of drug-likeness (QED) is 0.360. The van der Waals surface area contributed by atoms with Crippen molar-refractivity contribution < 1.29 is 33.6 Å². The van der Waals surface area contributed by atoms with Gasteiger partial charge in [0.15, 0.2) is 11.5 Å². The van der Waals surface area contributed by atoms with Crippen molar-refractivity contribution in [2.45, 2.75) is 44.2 Å². The van der Waals surface area contributed by atoms with Crippen LogP contribution in [0.2, 0.25) is 0 Å². The van der Waals surface area contributed by atoms with E-state index in [-0.39, 0.29) is 31.6 Å². The van der Waals surface area contributed by atoms with Crippen LogP contribution >= 0.6 is 0 Å². The summed E-state index contributed by atoms with van der Waals surface area (Å²) in [6.07, 6.45) is 4.53. The highest BCUT2D eigenvalue weighted by Crippen LogP contribution is 2.29. The lowest BCUT2D eigenvalue weighted by Gasteiger charge is -2.33. The maximum Gasteiger partial charge on any atom is 0.248 e. The molecule has 2 saturated heterocycles. The number of carbonyl (C=O) groups excluding carboxylic acids is 2. The number of hydrogen-bond donors (Lipinski definition) is 1. The maximum atomic E-state index is 12.7. The molecule has 2 heterocycles. The Balaban J connectivity index is 1.40. The second-order valence-corrected chi connectivity index (χ2v) is 11.2. The number of amides is 2. The standard InChI is InChI=1S/C32H45N3O7/c1-39-22-31(37)35-18-17-33(23-32(38,24-35)25-42-27-10-5-3-6-11-27)21-26-13-14-28(40-2)29(20-26)41-19-9-16-34-15-8-4-7-12-30(34)36/h3,5-6,10-11,13-14,20,38H,4,7-9,12,15-19,21-25H2,1-2H3. The lowest BCUT2D eigenvalue weighted by Crippen LogP contribution is -2.52. The molecule has 1 unspecified atom stereocenters. The number of β-amino-alcohol motifs (C(OH)–C–C–N with tert-alkyl or cyclic N) is 1.